The van der Waals surface area contributed by atoms with Crippen molar-refractivity contribution in [2.75, 3.05) is 6.61 Å². The molecule has 0 fully saturated rings. The molecule has 0 aliphatic heterocycles. The van der Waals surface area contributed by atoms with Gasteiger partial charge in [0.15, 0.2) is 0 Å². The highest BCUT2D eigenvalue weighted by molar-refractivity contribution is 5.39. The van der Waals surface area contributed by atoms with E-state index < -0.39 is 11.4 Å². The predicted octanol–water partition coefficient (Wildman–Crippen LogP) is 3.38. The fraction of sp³-hybridized carbons (Fsp3) is 0.333. The Morgan fingerprint density at radius 3 is 2.50 bits per heavy atom. The van der Waals surface area contributed by atoms with Crippen LogP contribution in [-0.2, 0) is 12.2 Å². The molecule has 2 aromatic rings. The molecule has 1 atom stereocenters. The first-order valence-corrected chi connectivity index (χ1v) is 7.39. The summed E-state index contributed by atoms with van der Waals surface area (Å²) in [6, 6.07) is 13.7. The van der Waals surface area contributed by atoms with E-state index >= 15 is 0 Å². The minimum absolute atomic E-state index is 0.134. The van der Waals surface area contributed by atoms with Crippen LogP contribution >= 0.6 is 0 Å². The molecular formula is C18H21FO3. The molecule has 0 spiro atoms. The van der Waals surface area contributed by atoms with Crippen LogP contribution in [0.25, 0.3) is 0 Å². The van der Waals surface area contributed by atoms with E-state index in [1.54, 1.807) is 6.92 Å². The van der Waals surface area contributed by atoms with Crippen LogP contribution in [0.2, 0.25) is 0 Å². The summed E-state index contributed by atoms with van der Waals surface area (Å²) in [5.41, 5.74) is 0.0584. The average Bonchev–Trinajstić information content (AvgIpc) is 2.54. The van der Waals surface area contributed by atoms with Gasteiger partial charge in [-0.2, -0.15) is 0 Å². The van der Waals surface area contributed by atoms with Crippen LogP contribution in [0.4, 0.5) is 4.39 Å². The second-order valence-electron chi connectivity index (χ2n) is 5.27. The van der Waals surface area contributed by atoms with E-state index in [1.165, 1.54) is 18.2 Å². The van der Waals surface area contributed by atoms with Gasteiger partial charge in [-0.25, -0.2) is 4.39 Å². The Morgan fingerprint density at radius 1 is 1.14 bits per heavy atom. The van der Waals surface area contributed by atoms with Gasteiger partial charge < -0.3 is 14.9 Å². The third-order valence-electron chi connectivity index (χ3n) is 3.79. The van der Waals surface area contributed by atoms with Gasteiger partial charge in [0.05, 0.1) is 5.60 Å². The van der Waals surface area contributed by atoms with E-state index in [-0.39, 0.29) is 13.0 Å². The zero-order valence-corrected chi connectivity index (χ0v) is 12.6. The number of rotatable bonds is 7. The molecule has 0 aliphatic rings. The monoisotopic (exact) mass is 304 g/mol. The smallest absolute Gasteiger partial charge is 0.126 e. The first-order valence-electron chi connectivity index (χ1n) is 7.39. The van der Waals surface area contributed by atoms with Crippen LogP contribution in [-0.4, -0.2) is 16.8 Å². The highest BCUT2D eigenvalue weighted by atomic mass is 19.1. The molecule has 2 aromatic carbocycles. The Labute approximate surface area is 130 Å². The number of hydrogen-bond donors (Lipinski definition) is 2. The molecule has 0 radical (unpaired) electrons. The average molecular weight is 304 g/mol. The standard InChI is InChI=1S/C18H21FO3/c1-2-18(21,10-11-20)16-12-15(19)8-9-17(16)22-13-14-6-4-3-5-7-14/h3-9,12,20-21H,2,10-11,13H2,1H3. The van der Waals surface area contributed by atoms with Crippen molar-refractivity contribution in [1.82, 2.24) is 0 Å². The second kappa shape index (κ2) is 7.38. The van der Waals surface area contributed by atoms with Gasteiger partial charge in [0.25, 0.3) is 0 Å². The van der Waals surface area contributed by atoms with Crippen molar-refractivity contribution in [2.24, 2.45) is 0 Å². The lowest BCUT2D eigenvalue weighted by atomic mass is 9.87. The Bertz CT molecular complexity index is 601. The third kappa shape index (κ3) is 3.84. The fourth-order valence-corrected chi connectivity index (χ4v) is 2.41. The summed E-state index contributed by atoms with van der Waals surface area (Å²) in [6.07, 6.45) is 0.493. The van der Waals surface area contributed by atoms with Crippen molar-refractivity contribution in [3.8, 4) is 5.75 Å². The third-order valence-corrected chi connectivity index (χ3v) is 3.79. The van der Waals surface area contributed by atoms with Gasteiger partial charge in [-0.3, -0.25) is 0 Å². The summed E-state index contributed by atoms with van der Waals surface area (Å²) in [4.78, 5) is 0. The summed E-state index contributed by atoms with van der Waals surface area (Å²) in [6.45, 7) is 1.94. The normalized spacial score (nSPS) is 13.6. The number of halogens is 1. The minimum atomic E-state index is -1.30. The molecule has 0 bridgehead atoms. The van der Waals surface area contributed by atoms with Crippen LogP contribution in [0.1, 0.15) is 30.9 Å². The van der Waals surface area contributed by atoms with Crippen molar-refractivity contribution in [3.05, 3.63) is 65.5 Å². The first-order chi connectivity index (χ1) is 10.6. The van der Waals surface area contributed by atoms with Gasteiger partial charge in [0.1, 0.15) is 18.2 Å². The van der Waals surface area contributed by atoms with Crippen molar-refractivity contribution >= 4 is 0 Å². The fourth-order valence-electron chi connectivity index (χ4n) is 2.41. The van der Waals surface area contributed by atoms with E-state index in [0.717, 1.165) is 5.56 Å². The minimum Gasteiger partial charge on any atom is -0.489 e. The predicted molar refractivity (Wildman–Crippen MR) is 83.1 cm³/mol. The van der Waals surface area contributed by atoms with Gasteiger partial charge in [-0.05, 0) is 30.2 Å². The molecule has 22 heavy (non-hydrogen) atoms. The lowest BCUT2D eigenvalue weighted by Crippen LogP contribution is -2.27. The van der Waals surface area contributed by atoms with E-state index in [4.69, 9.17) is 9.84 Å². The molecule has 1 unspecified atom stereocenters. The van der Waals surface area contributed by atoms with Crippen LogP contribution in [0.5, 0.6) is 5.75 Å². The molecule has 3 nitrogen and oxygen atoms in total. The maximum absolute atomic E-state index is 13.6. The zero-order valence-electron chi connectivity index (χ0n) is 12.6. The molecule has 2 N–H and O–H groups in total. The van der Waals surface area contributed by atoms with Crippen LogP contribution < -0.4 is 4.74 Å². The van der Waals surface area contributed by atoms with E-state index in [9.17, 15) is 9.50 Å². The van der Waals surface area contributed by atoms with Crippen molar-refractivity contribution in [3.63, 3.8) is 0 Å². The maximum atomic E-state index is 13.6. The summed E-state index contributed by atoms with van der Waals surface area (Å²) in [7, 11) is 0. The van der Waals surface area contributed by atoms with E-state index in [1.807, 2.05) is 30.3 Å². The molecule has 0 saturated heterocycles. The molecule has 4 heteroatoms. The van der Waals surface area contributed by atoms with Crippen LogP contribution in [0.15, 0.2) is 48.5 Å². The lowest BCUT2D eigenvalue weighted by Gasteiger charge is -2.28. The number of aliphatic hydroxyl groups is 2. The number of ether oxygens (including phenoxy) is 1. The first kappa shape index (κ1) is 16.5. The molecule has 0 amide bonds. The Kier molecular flexibility index (Phi) is 5.52. The molecule has 0 aromatic heterocycles. The highest BCUT2D eigenvalue weighted by Crippen LogP contribution is 2.36. The summed E-state index contributed by atoms with van der Waals surface area (Å²) >= 11 is 0. The molecule has 0 saturated carbocycles. The number of benzene rings is 2. The highest BCUT2D eigenvalue weighted by Gasteiger charge is 2.30. The second-order valence-corrected chi connectivity index (χ2v) is 5.27. The molecule has 0 heterocycles. The zero-order chi connectivity index (χ0) is 16.0. The van der Waals surface area contributed by atoms with Gasteiger partial charge in [0, 0.05) is 18.6 Å². The van der Waals surface area contributed by atoms with Gasteiger partial charge in [0.2, 0.25) is 0 Å². The molecule has 0 aliphatic carbocycles. The van der Waals surface area contributed by atoms with Crippen molar-refractivity contribution in [1.29, 1.82) is 0 Å². The summed E-state index contributed by atoms with van der Waals surface area (Å²) < 4.78 is 19.4. The Hall–Kier alpha value is -1.91. The Balaban J connectivity index is 2.27. The topological polar surface area (TPSA) is 49.7 Å². The van der Waals surface area contributed by atoms with E-state index in [0.29, 0.717) is 24.3 Å². The summed E-state index contributed by atoms with van der Waals surface area (Å²) in [5, 5.41) is 19.9. The van der Waals surface area contributed by atoms with E-state index in [2.05, 4.69) is 0 Å². The van der Waals surface area contributed by atoms with Crippen molar-refractivity contribution in [2.45, 2.75) is 32.0 Å². The van der Waals surface area contributed by atoms with Gasteiger partial charge in [-0.15, -0.1) is 0 Å². The summed E-state index contributed by atoms with van der Waals surface area (Å²) in [5.74, 6) is -0.00470. The lowest BCUT2D eigenvalue weighted by molar-refractivity contribution is 0.00489. The Morgan fingerprint density at radius 2 is 1.86 bits per heavy atom. The largest absolute Gasteiger partial charge is 0.489 e. The molecule has 118 valence electrons. The SMILES string of the molecule is CCC(O)(CCO)c1cc(F)ccc1OCc1ccccc1. The number of hydrogen-bond acceptors (Lipinski definition) is 3. The van der Waals surface area contributed by atoms with Gasteiger partial charge in [-0.1, -0.05) is 37.3 Å². The van der Waals surface area contributed by atoms with Crippen LogP contribution in [0, 0.1) is 5.82 Å². The maximum Gasteiger partial charge on any atom is 0.126 e. The van der Waals surface area contributed by atoms with Crippen molar-refractivity contribution < 1.29 is 19.3 Å². The van der Waals surface area contributed by atoms with Gasteiger partial charge >= 0.3 is 0 Å². The number of aliphatic hydroxyl groups excluding tert-OH is 1. The molecule has 2 rings (SSSR count). The molecular weight excluding hydrogens is 283 g/mol. The van der Waals surface area contributed by atoms with Crippen LogP contribution in [0.3, 0.4) is 0 Å². The quantitative estimate of drug-likeness (QED) is 0.824.